The predicted octanol–water partition coefficient (Wildman–Crippen LogP) is 7.17. The van der Waals surface area contributed by atoms with Gasteiger partial charge >= 0.3 is 0 Å². The summed E-state index contributed by atoms with van der Waals surface area (Å²) in [4.78, 5) is 0. The minimum atomic E-state index is 0.349. The van der Waals surface area contributed by atoms with Crippen LogP contribution in [-0.4, -0.2) is 55.4 Å². The van der Waals surface area contributed by atoms with Crippen LogP contribution in [0.5, 0.6) is 11.5 Å². The number of para-hydroxylation sites is 2. The molecule has 0 spiro atoms. The molecule has 4 aromatic carbocycles. The Morgan fingerprint density at radius 3 is 1.41 bits per heavy atom. The first-order valence-corrected chi connectivity index (χ1v) is 18.0. The summed E-state index contributed by atoms with van der Waals surface area (Å²) in [5.41, 5.74) is 4.10. The van der Waals surface area contributed by atoms with Crippen molar-refractivity contribution >= 4 is 36.0 Å². The molecule has 0 saturated carbocycles. The summed E-state index contributed by atoms with van der Waals surface area (Å²) in [5.74, 6) is 4.46. The summed E-state index contributed by atoms with van der Waals surface area (Å²) in [7, 11) is 0. The highest BCUT2D eigenvalue weighted by atomic mass is 32.2. The number of hydrogen-bond acceptors (Lipinski definition) is 10. The van der Waals surface area contributed by atoms with Crippen molar-refractivity contribution in [2.24, 2.45) is 10.2 Å². The maximum absolute atomic E-state index is 6.17. The second-order valence-electron chi connectivity index (χ2n) is 11.1. The number of aromatic nitrogens is 6. The summed E-state index contributed by atoms with van der Waals surface area (Å²) in [6, 6.07) is 36.3. The van der Waals surface area contributed by atoms with E-state index in [0.717, 1.165) is 51.0 Å². The fraction of sp³-hybridized carbons (Fsp3) is 0.189. The summed E-state index contributed by atoms with van der Waals surface area (Å²) < 4.78 is 16.0. The van der Waals surface area contributed by atoms with Gasteiger partial charge < -0.3 is 9.47 Å². The number of hydrogen-bond donors (Lipinski definition) is 0. The minimum Gasteiger partial charge on any atom is -0.489 e. The van der Waals surface area contributed by atoms with Gasteiger partial charge in [0.2, 0.25) is 10.3 Å². The maximum Gasteiger partial charge on any atom is 0.212 e. The largest absolute Gasteiger partial charge is 0.489 e. The average Bonchev–Trinajstić information content (AvgIpc) is 3.73. The number of fused-ring (bicyclic) bond motifs is 4. The molecular formula is C37H34N8O2S2. The molecule has 0 radical (unpaired) electrons. The lowest BCUT2D eigenvalue weighted by atomic mass is 10.2. The van der Waals surface area contributed by atoms with E-state index in [4.69, 9.17) is 19.7 Å². The van der Waals surface area contributed by atoms with Crippen molar-refractivity contribution in [3.05, 3.63) is 143 Å². The third kappa shape index (κ3) is 8.45. The van der Waals surface area contributed by atoms with Gasteiger partial charge in [-0.25, -0.2) is 0 Å². The van der Waals surface area contributed by atoms with Crippen LogP contribution in [0, 0.1) is 0 Å². The summed E-state index contributed by atoms with van der Waals surface area (Å²) in [6.45, 7) is 0.699. The topological polar surface area (TPSA) is 105 Å². The second-order valence-corrected chi connectivity index (χ2v) is 13.0. The molecule has 1 aliphatic rings. The molecule has 0 amide bonds. The number of thioether (sulfide) groups is 2. The van der Waals surface area contributed by atoms with Gasteiger partial charge in [-0.2, -0.15) is 19.6 Å². The van der Waals surface area contributed by atoms with Crippen LogP contribution in [0.15, 0.2) is 130 Å². The van der Waals surface area contributed by atoms with Gasteiger partial charge in [0, 0.05) is 35.5 Å². The molecule has 0 atom stereocenters. The van der Waals surface area contributed by atoms with Crippen LogP contribution >= 0.6 is 23.5 Å². The standard InChI is InChI=1S/C37H34N8O2S2/c1-3-12-28(13-4-1)26-48-36-42-40-34-20-11-21-35-41-43-37(49-27-29-14-5-2-6-15-29)45(35)39-25-31-17-8-10-19-33(31)47-23-22-46-32-18-9-7-16-30(32)24-38-44(34)36/h1-10,12-19,24-25H,11,20-23,26-27H2/b38-24-,39-25-. The van der Waals surface area contributed by atoms with Crippen LogP contribution in [0.2, 0.25) is 0 Å². The molecule has 12 heteroatoms. The Morgan fingerprint density at radius 1 is 0.510 bits per heavy atom. The van der Waals surface area contributed by atoms with Crippen LogP contribution in [0.25, 0.3) is 0 Å². The van der Waals surface area contributed by atoms with Crippen LogP contribution < -0.4 is 9.47 Å². The molecule has 0 N–H and O–H groups in total. The fourth-order valence-corrected chi connectivity index (χ4v) is 6.87. The first kappa shape index (κ1) is 32.4. The number of nitrogens with zero attached hydrogens (tertiary/aromatic N) is 8. The van der Waals surface area contributed by atoms with E-state index >= 15 is 0 Å². The molecular weight excluding hydrogens is 653 g/mol. The van der Waals surface area contributed by atoms with Gasteiger partial charge in [-0.1, -0.05) is 108 Å². The van der Waals surface area contributed by atoms with Gasteiger partial charge in [0.15, 0.2) is 11.6 Å². The van der Waals surface area contributed by atoms with Crippen molar-refractivity contribution in [2.75, 3.05) is 13.2 Å². The summed E-state index contributed by atoms with van der Waals surface area (Å²) in [5, 5.41) is 29.4. The molecule has 0 saturated heterocycles. The molecule has 0 bridgehead atoms. The maximum atomic E-state index is 6.17. The smallest absolute Gasteiger partial charge is 0.212 e. The Labute approximate surface area is 293 Å². The quantitative estimate of drug-likeness (QED) is 0.170. The highest BCUT2D eigenvalue weighted by Crippen LogP contribution is 2.26. The highest BCUT2D eigenvalue weighted by molar-refractivity contribution is 7.98. The fourth-order valence-electron chi connectivity index (χ4n) is 5.14. The van der Waals surface area contributed by atoms with Crippen molar-refractivity contribution in [2.45, 2.75) is 41.1 Å². The summed E-state index contributed by atoms with van der Waals surface area (Å²) >= 11 is 3.21. The Kier molecular flexibility index (Phi) is 10.7. The van der Waals surface area contributed by atoms with Crippen molar-refractivity contribution in [1.29, 1.82) is 0 Å². The van der Waals surface area contributed by atoms with Gasteiger partial charge in [0.05, 0.1) is 12.4 Å². The monoisotopic (exact) mass is 686 g/mol. The molecule has 1 aliphatic heterocycles. The zero-order chi connectivity index (χ0) is 33.1. The zero-order valence-electron chi connectivity index (χ0n) is 26.7. The van der Waals surface area contributed by atoms with Crippen molar-refractivity contribution in [1.82, 2.24) is 29.7 Å². The molecule has 3 heterocycles. The Hall–Kier alpha value is -5.20. The van der Waals surface area contributed by atoms with E-state index in [9.17, 15) is 0 Å². The highest BCUT2D eigenvalue weighted by Gasteiger charge is 2.16. The molecule has 6 aromatic rings. The van der Waals surface area contributed by atoms with Crippen molar-refractivity contribution < 1.29 is 9.47 Å². The Morgan fingerprint density at radius 2 is 0.939 bits per heavy atom. The first-order chi connectivity index (χ1) is 24.3. The van der Waals surface area contributed by atoms with E-state index in [2.05, 4.69) is 44.7 Å². The lowest BCUT2D eigenvalue weighted by Crippen LogP contribution is -2.11. The molecule has 10 nitrogen and oxygen atoms in total. The Bertz CT molecular complexity index is 1880. The molecule has 0 aliphatic carbocycles. The molecule has 49 heavy (non-hydrogen) atoms. The van der Waals surface area contributed by atoms with E-state index in [1.165, 1.54) is 11.1 Å². The van der Waals surface area contributed by atoms with Gasteiger partial charge in [-0.3, -0.25) is 0 Å². The van der Waals surface area contributed by atoms with Gasteiger partial charge in [0.25, 0.3) is 0 Å². The van der Waals surface area contributed by atoms with Gasteiger partial charge in [0.1, 0.15) is 24.7 Å². The number of ether oxygens (including phenoxy) is 2. The predicted molar refractivity (Wildman–Crippen MR) is 194 cm³/mol. The third-order valence-electron chi connectivity index (χ3n) is 7.64. The van der Waals surface area contributed by atoms with Gasteiger partial charge in [-0.15, -0.1) is 20.4 Å². The van der Waals surface area contributed by atoms with Gasteiger partial charge in [-0.05, 0) is 41.8 Å². The molecule has 246 valence electrons. The molecule has 0 unspecified atom stereocenters. The number of aryl methyl sites for hydroxylation is 2. The van der Waals surface area contributed by atoms with E-state index in [1.807, 2.05) is 94.3 Å². The minimum absolute atomic E-state index is 0.349. The van der Waals surface area contributed by atoms with Crippen LogP contribution in [-0.2, 0) is 24.3 Å². The van der Waals surface area contributed by atoms with E-state index < -0.39 is 0 Å². The van der Waals surface area contributed by atoms with Crippen molar-refractivity contribution in [3.8, 4) is 11.5 Å². The first-order valence-electron chi connectivity index (χ1n) is 16.0. The van der Waals surface area contributed by atoms with Crippen molar-refractivity contribution in [3.63, 3.8) is 0 Å². The average molecular weight is 687 g/mol. The lowest BCUT2D eigenvalue weighted by Gasteiger charge is -2.12. The SMILES string of the molecule is C1=N\n2c(nnc2SCc2ccccc2)CCCc2nnc(SCc3ccccc3)n2/N=C\c2ccccc2OCCOc2ccccc2/1. The zero-order valence-corrected chi connectivity index (χ0v) is 28.3. The molecule has 7 rings (SSSR count). The molecule has 2 aromatic heterocycles. The van der Waals surface area contributed by atoms with E-state index in [1.54, 1.807) is 36.0 Å². The summed E-state index contributed by atoms with van der Waals surface area (Å²) in [6.07, 6.45) is 5.62. The van der Waals surface area contributed by atoms with E-state index in [-0.39, 0.29) is 0 Å². The van der Waals surface area contributed by atoms with Crippen LogP contribution in [0.4, 0.5) is 0 Å². The Balaban J connectivity index is 1.20. The van der Waals surface area contributed by atoms with Crippen LogP contribution in [0.1, 0.15) is 40.3 Å². The second kappa shape index (κ2) is 16.3. The third-order valence-corrected chi connectivity index (χ3v) is 9.62. The van der Waals surface area contributed by atoms with Crippen LogP contribution in [0.3, 0.4) is 0 Å². The van der Waals surface area contributed by atoms with E-state index in [0.29, 0.717) is 37.6 Å². The molecule has 0 fully saturated rings. The number of rotatable bonds is 6. The number of benzene rings is 4. The lowest BCUT2D eigenvalue weighted by molar-refractivity contribution is 0.217. The normalized spacial score (nSPS) is 14.7.